The Bertz CT molecular complexity index is 818. The Hall–Kier alpha value is -2.61. The van der Waals surface area contributed by atoms with Gasteiger partial charge in [0.1, 0.15) is 11.4 Å². The van der Waals surface area contributed by atoms with Crippen LogP contribution in [-0.4, -0.2) is 22.7 Å². The number of hydrogen-bond donors (Lipinski definition) is 3. The molecule has 0 aliphatic heterocycles. The van der Waals surface area contributed by atoms with Gasteiger partial charge in [0.25, 0.3) is 0 Å². The van der Waals surface area contributed by atoms with Crippen molar-refractivity contribution in [2.45, 2.75) is 33.3 Å². The lowest BCUT2D eigenvalue weighted by atomic mass is 10.2. The fraction of sp³-hybridized carbons (Fsp3) is 0.278. The second-order valence-electron chi connectivity index (χ2n) is 6.55. The third-order valence-electron chi connectivity index (χ3n) is 3.05. The van der Waals surface area contributed by atoms with E-state index in [-0.39, 0.29) is 6.03 Å². The Morgan fingerprint density at radius 2 is 1.81 bits per heavy atom. The summed E-state index contributed by atoms with van der Waals surface area (Å²) in [5, 5.41) is 8.02. The number of carbonyl (C=O) groups excluding carboxylic acids is 2. The minimum Gasteiger partial charge on any atom is -0.444 e. The van der Waals surface area contributed by atoms with E-state index in [1.807, 2.05) is 12.1 Å². The number of carbonyl (C=O) groups is 2. The summed E-state index contributed by atoms with van der Waals surface area (Å²) >= 11 is 3.35. The summed E-state index contributed by atoms with van der Waals surface area (Å²) in [4.78, 5) is 28.1. The van der Waals surface area contributed by atoms with E-state index in [1.165, 1.54) is 0 Å². The molecular weight excluding hydrogens is 400 g/mol. The highest BCUT2D eigenvalue weighted by Crippen LogP contribution is 2.19. The Morgan fingerprint density at radius 3 is 2.42 bits per heavy atom. The summed E-state index contributed by atoms with van der Waals surface area (Å²) < 4.78 is 6.05. The number of aryl methyl sites for hydroxylation is 1. The van der Waals surface area contributed by atoms with E-state index in [4.69, 9.17) is 4.74 Å². The summed E-state index contributed by atoms with van der Waals surface area (Å²) in [5.41, 5.74) is 1.16. The number of ether oxygens (including phenoxy) is 1. The molecule has 0 spiro atoms. The van der Waals surface area contributed by atoms with Gasteiger partial charge in [0.05, 0.1) is 11.4 Å². The Balaban J connectivity index is 1.98. The molecule has 1 aromatic heterocycles. The third kappa shape index (κ3) is 6.36. The summed E-state index contributed by atoms with van der Waals surface area (Å²) in [7, 11) is 0. The van der Waals surface area contributed by atoms with E-state index in [1.54, 1.807) is 52.0 Å². The number of rotatable bonds is 3. The highest BCUT2D eigenvalue weighted by Gasteiger charge is 2.17. The zero-order valence-corrected chi connectivity index (χ0v) is 16.6. The van der Waals surface area contributed by atoms with Crippen LogP contribution >= 0.6 is 15.9 Å². The third-order valence-corrected chi connectivity index (χ3v) is 3.54. The van der Waals surface area contributed by atoms with Gasteiger partial charge in [0.15, 0.2) is 0 Å². The number of pyridine rings is 1. The van der Waals surface area contributed by atoms with Gasteiger partial charge in [-0.2, -0.15) is 0 Å². The minimum atomic E-state index is -0.592. The number of nitrogens with one attached hydrogen (secondary N) is 3. The highest BCUT2D eigenvalue weighted by atomic mass is 79.9. The molecule has 0 bridgehead atoms. The zero-order valence-electron chi connectivity index (χ0n) is 15.0. The fourth-order valence-corrected chi connectivity index (χ4v) is 2.42. The van der Waals surface area contributed by atoms with Crippen LogP contribution in [0.3, 0.4) is 0 Å². The number of aromatic nitrogens is 1. The van der Waals surface area contributed by atoms with Crippen LogP contribution in [0.2, 0.25) is 0 Å². The number of benzene rings is 1. The van der Waals surface area contributed by atoms with E-state index in [9.17, 15) is 9.59 Å². The van der Waals surface area contributed by atoms with Crippen molar-refractivity contribution in [1.29, 1.82) is 0 Å². The number of hydrogen-bond acceptors (Lipinski definition) is 4. The van der Waals surface area contributed by atoms with Crippen LogP contribution in [-0.2, 0) is 4.74 Å². The molecule has 0 atom stereocenters. The van der Waals surface area contributed by atoms with Crippen molar-refractivity contribution in [3.05, 3.63) is 46.6 Å². The van der Waals surface area contributed by atoms with E-state index in [2.05, 4.69) is 36.9 Å². The molecule has 0 saturated heterocycles. The van der Waals surface area contributed by atoms with Gasteiger partial charge in [-0.05, 0) is 58.0 Å². The monoisotopic (exact) mass is 420 g/mol. The normalized spacial score (nSPS) is 10.8. The van der Waals surface area contributed by atoms with Gasteiger partial charge in [0, 0.05) is 10.2 Å². The van der Waals surface area contributed by atoms with E-state index < -0.39 is 11.7 Å². The maximum absolute atomic E-state index is 12.1. The molecule has 138 valence electrons. The predicted octanol–water partition coefficient (Wildman–Crippen LogP) is 5.14. The van der Waals surface area contributed by atoms with Crippen molar-refractivity contribution in [3.63, 3.8) is 0 Å². The standard InChI is InChI=1S/C18H21BrN4O3/c1-11-14(22-16(24)21-13-7-5-6-12(19)10-13)8-9-15(20-11)23-17(25)26-18(2,3)4/h5-10H,1-4H3,(H,20,23,25)(H2,21,22,24). The molecule has 0 saturated carbocycles. The van der Waals surface area contributed by atoms with Crippen LogP contribution in [0.4, 0.5) is 26.8 Å². The Labute approximate surface area is 160 Å². The van der Waals surface area contributed by atoms with Crippen LogP contribution in [0.25, 0.3) is 0 Å². The summed E-state index contributed by atoms with van der Waals surface area (Å²) in [6.07, 6.45) is -0.586. The van der Waals surface area contributed by atoms with Crippen LogP contribution < -0.4 is 16.0 Å². The van der Waals surface area contributed by atoms with Crippen LogP contribution in [0.1, 0.15) is 26.5 Å². The van der Waals surface area contributed by atoms with Crippen molar-refractivity contribution in [2.24, 2.45) is 0 Å². The first-order valence-electron chi connectivity index (χ1n) is 7.93. The molecule has 0 aliphatic carbocycles. The molecule has 1 heterocycles. The van der Waals surface area contributed by atoms with Gasteiger partial charge in [-0.25, -0.2) is 14.6 Å². The van der Waals surface area contributed by atoms with Gasteiger partial charge < -0.3 is 15.4 Å². The second kappa shape index (κ2) is 8.18. The van der Waals surface area contributed by atoms with Crippen molar-refractivity contribution in [2.75, 3.05) is 16.0 Å². The second-order valence-corrected chi connectivity index (χ2v) is 7.46. The fourth-order valence-electron chi connectivity index (χ4n) is 2.02. The smallest absolute Gasteiger partial charge is 0.413 e. The van der Waals surface area contributed by atoms with Crippen LogP contribution in [0.5, 0.6) is 0 Å². The Morgan fingerprint density at radius 1 is 1.08 bits per heavy atom. The molecule has 0 fully saturated rings. The average Bonchev–Trinajstić information content (AvgIpc) is 2.48. The molecule has 8 heteroatoms. The van der Waals surface area contributed by atoms with Gasteiger partial charge in [-0.3, -0.25) is 5.32 Å². The quantitative estimate of drug-likeness (QED) is 0.640. The van der Waals surface area contributed by atoms with Crippen LogP contribution in [0, 0.1) is 6.92 Å². The summed E-state index contributed by atoms with van der Waals surface area (Å²) in [5.74, 6) is 0.342. The molecular formula is C18H21BrN4O3. The van der Waals surface area contributed by atoms with Crippen molar-refractivity contribution in [1.82, 2.24) is 4.98 Å². The zero-order chi connectivity index (χ0) is 19.3. The first kappa shape index (κ1) is 19.7. The lowest BCUT2D eigenvalue weighted by Crippen LogP contribution is -2.27. The van der Waals surface area contributed by atoms with Crippen molar-refractivity contribution < 1.29 is 14.3 Å². The summed E-state index contributed by atoms with van der Waals surface area (Å²) in [6, 6.07) is 10.1. The van der Waals surface area contributed by atoms with Gasteiger partial charge in [-0.1, -0.05) is 22.0 Å². The number of halogens is 1. The maximum Gasteiger partial charge on any atom is 0.413 e. The van der Waals surface area contributed by atoms with E-state index in [0.29, 0.717) is 22.9 Å². The number of anilines is 3. The molecule has 1 aromatic carbocycles. The van der Waals surface area contributed by atoms with E-state index >= 15 is 0 Å². The lowest BCUT2D eigenvalue weighted by molar-refractivity contribution is 0.0635. The molecule has 3 amide bonds. The van der Waals surface area contributed by atoms with Gasteiger partial charge >= 0.3 is 12.1 Å². The highest BCUT2D eigenvalue weighted by molar-refractivity contribution is 9.10. The molecule has 0 unspecified atom stereocenters. The van der Waals surface area contributed by atoms with Gasteiger partial charge in [0.2, 0.25) is 0 Å². The van der Waals surface area contributed by atoms with E-state index in [0.717, 1.165) is 4.47 Å². The molecule has 3 N–H and O–H groups in total. The average molecular weight is 421 g/mol. The van der Waals surface area contributed by atoms with Crippen molar-refractivity contribution in [3.8, 4) is 0 Å². The largest absolute Gasteiger partial charge is 0.444 e. The topological polar surface area (TPSA) is 92.3 Å². The summed E-state index contributed by atoms with van der Waals surface area (Å²) in [6.45, 7) is 7.07. The molecule has 0 aliphatic rings. The van der Waals surface area contributed by atoms with Crippen LogP contribution in [0.15, 0.2) is 40.9 Å². The predicted molar refractivity (Wildman–Crippen MR) is 106 cm³/mol. The molecule has 2 aromatic rings. The number of amides is 3. The van der Waals surface area contributed by atoms with Crippen molar-refractivity contribution >= 4 is 45.2 Å². The molecule has 0 radical (unpaired) electrons. The van der Waals surface area contributed by atoms with Gasteiger partial charge in [-0.15, -0.1) is 0 Å². The minimum absolute atomic E-state index is 0.342. The Kier molecular flexibility index (Phi) is 6.20. The lowest BCUT2D eigenvalue weighted by Gasteiger charge is -2.19. The SMILES string of the molecule is Cc1nc(NC(=O)OC(C)(C)C)ccc1NC(=O)Nc1cccc(Br)c1. The maximum atomic E-state index is 12.1. The first-order chi connectivity index (χ1) is 12.1. The number of nitrogens with zero attached hydrogens (tertiary/aromatic N) is 1. The first-order valence-corrected chi connectivity index (χ1v) is 8.73. The number of urea groups is 1. The molecule has 26 heavy (non-hydrogen) atoms. The molecule has 2 rings (SSSR count). The molecule has 7 nitrogen and oxygen atoms in total.